The largest absolute Gasteiger partial charge is 0.494 e. The number of nitrogens with zero attached hydrogens (tertiary/aromatic N) is 1. The van der Waals surface area contributed by atoms with Crippen molar-refractivity contribution < 1.29 is 9.53 Å². The van der Waals surface area contributed by atoms with Gasteiger partial charge < -0.3 is 15.8 Å². The number of benzene rings is 1. The van der Waals surface area contributed by atoms with Crippen LogP contribution in [0.15, 0.2) is 24.3 Å². The number of aryl methyl sites for hydroxylation is 1. The summed E-state index contributed by atoms with van der Waals surface area (Å²) in [4.78, 5) is 12.2. The molecule has 0 fully saturated rings. The molecule has 0 spiro atoms. The number of aromatic nitrogens is 2. The van der Waals surface area contributed by atoms with E-state index in [-0.39, 0.29) is 5.91 Å². The van der Waals surface area contributed by atoms with E-state index >= 15 is 0 Å². The van der Waals surface area contributed by atoms with Crippen LogP contribution < -0.4 is 15.8 Å². The number of carbonyl (C=O) groups is 1. The molecule has 0 saturated heterocycles. The fourth-order valence-electron chi connectivity index (χ4n) is 2.01. The van der Waals surface area contributed by atoms with Crippen molar-refractivity contribution in [2.24, 2.45) is 0 Å². The van der Waals surface area contributed by atoms with Gasteiger partial charge in [-0.3, -0.25) is 9.89 Å². The van der Waals surface area contributed by atoms with Gasteiger partial charge in [-0.25, -0.2) is 0 Å². The predicted octanol–water partition coefficient (Wildman–Crippen LogP) is 2.60. The summed E-state index contributed by atoms with van der Waals surface area (Å²) in [6, 6.07) is 6.79. The summed E-state index contributed by atoms with van der Waals surface area (Å²) >= 11 is 0. The van der Waals surface area contributed by atoms with Gasteiger partial charge in [0.25, 0.3) is 5.91 Å². The number of nitrogens with two attached hydrogens (primary N) is 1. The summed E-state index contributed by atoms with van der Waals surface area (Å²) in [5, 5.41) is 9.70. The number of nitrogens with one attached hydrogen (secondary N) is 2. The first-order chi connectivity index (χ1) is 10.1. The van der Waals surface area contributed by atoms with E-state index < -0.39 is 0 Å². The van der Waals surface area contributed by atoms with Crippen molar-refractivity contribution in [1.29, 1.82) is 0 Å². The van der Waals surface area contributed by atoms with E-state index in [1.54, 1.807) is 18.2 Å². The minimum Gasteiger partial charge on any atom is -0.494 e. The lowest BCUT2D eigenvalue weighted by atomic mass is 10.1. The zero-order chi connectivity index (χ0) is 15.2. The molecule has 0 aliphatic heterocycles. The summed E-state index contributed by atoms with van der Waals surface area (Å²) < 4.78 is 5.38. The van der Waals surface area contributed by atoms with Crippen molar-refractivity contribution in [3.8, 4) is 5.75 Å². The molecule has 0 bridgehead atoms. The highest BCUT2D eigenvalue weighted by Gasteiger charge is 2.11. The summed E-state index contributed by atoms with van der Waals surface area (Å²) in [5.74, 6) is 0.818. The molecule has 6 heteroatoms. The molecular weight excluding hydrogens is 268 g/mol. The first kappa shape index (κ1) is 14.9. The second kappa shape index (κ2) is 6.78. The average molecular weight is 288 g/mol. The average Bonchev–Trinajstić information content (AvgIpc) is 2.86. The van der Waals surface area contributed by atoms with Gasteiger partial charge in [0.05, 0.1) is 6.61 Å². The van der Waals surface area contributed by atoms with Crippen molar-refractivity contribution >= 4 is 17.4 Å². The van der Waals surface area contributed by atoms with Gasteiger partial charge in [-0.1, -0.05) is 13.3 Å². The number of nitrogen functional groups attached to an aromatic ring is 1. The number of H-pyrrole nitrogens is 1. The molecule has 0 unspecified atom stereocenters. The lowest BCUT2D eigenvalue weighted by Crippen LogP contribution is -2.13. The van der Waals surface area contributed by atoms with Crippen LogP contribution in [-0.4, -0.2) is 22.7 Å². The van der Waals surface area contributed by atoms with Crippen molar-refractivity contribution in [2.45, 2.75) is 26.7 Å². The van der Waals surface area contributed by atoms with Gasteiger partial charge in [-0.2, -0.15) is 5.10 Å². The molecule has 1 aromatic heterocycles. The van der Waals surface area contributed by atoms with E-state index in [0.717, 1.165) is 18.5 Å². The molecule has 2 aromatic rings. The minimum absolute atomic E-state index is 0.266. The molecule has 1 amide bonds. The SMILES string of the molecule is CCCc1cc(NC(=O)c2cc(N)cc(OCC)c2)n[nH]1. The number of hydrogen-bond acceptors (Lipinski definition) is 4. The first-order valence-corrected chi connectivity index (χ1v) is 7.01. The maximum atomic E-state index is 12.2. The molecule has 0 saturated carbocycles. The van der Waals surface area contributed by atoms with Crippen LogP contribution in [0.2, 0.25) is 0 Å². The van der Waals surface area contributed by atoms with Gasteiger partial charge >= 0.3 is 0 Å². The lowest BCUT2D eigenvalue weighted by Gasteiger charge is -2.07. The maximum Gasteiger partial charge on any atom is 0.257 e. The van der Waals surface area contributed by atoms with Gasteiger partial charge in [0.1, 0.15) is 5.75 Å². The Labute approximate surface area is 123 Å². The second-order valence-electron chi connectivity index (χ2n) is 4.71. The quantitative estimate of drug-likeness (QED) is 0.712. The van der Waals surface area contributed by atoms with Crippen molar-refractivity contribution in [3.63, 3.8) is 0 Å². The highest BCUT2D eigenvalue weighted by atomic mass is 16.5. The molecular formula is C15H20N4O2. The van der Waals surface area contributed by atoms with E-state index in [9.17, 15) is 4.79 Å². The van der Waals surface area contributed by atoms with Crippen molar-refractivity contribution in [3.05, 3.63) is 35.5 Å². The number of ether oxygens (including phenoxy) is 1. The topological polar surface area (TPSA) is 93.0 Å². The number of hydrogen-bond donors (Lipinski definition) is 3. The second-order valence-corrected chi connectivity index (χ2v) is 4.71. The smallest absolute Gasteiger partial charge is 0.257 e. The van der Waals surface area contributed by atoms with Crippen molar-refractivity contribution in [2.75, 3.05) is 17.7 Å². The monoisotopic (exact) mass is 288 g/mol. The molecule has 2 rings (SSSR count). The van der Waals surface area contributed by atoms with Gasteiger partial charge in [0.15, 0.2) is 5.82 Å². The summed E-state index contributed by atoms with van der Waals surface area (Å²) in [6.45, 7) is 4.48. The first-order valence-electron chi connectivity index (χ1n) is 7.01. The summed E-state index contributed by atoms with van der Waals surface area (Å²) in [7, 11) is 0. The molecule has 0 aliphatic carbocycles. The predicted molar refractivity (Wildman–Crippen MR) is 82.6 cm³/mol. The highest BCUT2D eigenvalue weighted by molar-refractivity contribution is 6.04. The third-order valence-electron chi connectivity index (χ3n) is 2.89. The zero-order valence-corrected chi connectivity index (χ0v) is 12.3. The molecule has 1 heterocycles. The van der Waals surface area contributed by atoms with E-state index in [0.29, 0.717) is 29.4 Å². The summed E-state index contributed by atoms with van der Waals surface area (Å²) in [5.41, 5.74) is 7.71. The van der Waals surface area contributed by atoms with E-state index in [1.165, 1.54) is 0 Å². The number of amides is 1. The van der Waals surface area contributed by atoms with Crippen molar-refractivity contribution in [1.82, 2.24) is 10.2 Å². The summed E-state index contributed by atoms with van der Waals surface area (Å²) in [6.07, 6.45) is 1.91. The number of anilines is 2. The Hall–Kier alpha value is -2.50. The van der Waals surface area contributed by atoms with Crippen LogP contribution in [0.4, 0.5) is 11.5 Å². The van der Waals surface area contributed by atoms with Crippen LogP contribution in [0.5, 0.6) is 5.75 Å². The van der Waals surface area contributed by atoms with E-state index in [2.05, 4.69) is 22.4 Å². The lowest BCUT2D eigenvalue weighted by molar-refractivity contribution is 0.102. The Morgan fingerprint density at radius 3 is 2.86 bits per heavy atom. The third-order valence-corrected chi connectivity index (χ3v) is 2.89. The van der Waals surface area contributed by atoms with E-state index in [4.69, 9.17) is 10.5 Å². The van der Waals surface area contributed by atoms with E-state index in [1.807, 2.05) is 13.0 Å². The molecule has 1 aromatic carbocycles. The molecule has 0 atom stereocenters. The van der Waals surface area contributed by atoms with Gasteiger partial charge in [0.2, 0.25) is 0 Å². The maximum absolute atomic E-state index is 12.2. The fourth-order valence-corrected chi connectivity index (χ4v) is 2.01. The standard InChI is InChI=1S/C15H20N4O2/c1-3-5-12-9-14(19-18-12)17-15(20)10-6-11(16)8-13(7-10)21-4-2/h6-9H,3-5,16H2,1-2H3,(H2,17,18,19,20). The Balaban J connectivity index is 2.11. The molecule has 0 radical (unpaired) electrons. The zero-order valence-electron chi connectivity index (χ0n) is 12.3. The minimum atomic E-state index is -0.266. The fraction of sp³-hybridized carbons (Fsp3) is 0.333. The van der Waals surface area contributed by atoms with Crippen LogP contribution in [-0.2, 0) is 6.42 Å². The number of carbonyl (C=O) groups excluding carboxylic acids is 1. The Bertz CT molecular complexity index is 622. The Morgan fingerprint density at radius 2 is 2.14 bits per heavy atom. The van der Waals surface area contributed by atoms with Gasteiger partial charge in [-0.05, 0) is 25.5 Å². The van der Waals surface area contributed by atoms with Crippen LogP contribution >= 0.6 is 0 Å². The van der Waals surface area contributed by atoms with Crippen LogP contribution in [0.25, 0.3) is 0 Å². The van der Waals surface area contributed by atoms with Crippen LogP contribution in [0.1, 0.15) is 36.3 Å². The molecule has 21 heavy (non-hydrogen) atoms. The Kier molecular flexibility index (Phi) is 4.81. The van der Waals surface area contributed by atoms with Crippen LogP contribution in [0.3, 0.4) is 0 Å². The third kappa shape index (κ3) is 3.98. The highest BCUT2D eigenvalue weighted by Crippen LogP contribution is 2.20. The van der Waals surface area contributed by atoms with Crippen LogP contribution in [0, 0.1) is 0 Å². The molecule has 6 nitrogen and oxygen atoms in total. The molecule has 0 aliphatic rings. The van der Waals surface area contributed by atoms with Gasteiger partial charge in [0, 0.05) is 29.1 Å². The van der Waals surface area contributed by atoms with Gasteiger partial charge in [-0.15, -0.1) is 0 Å². The number of aromatic amines is 1. The molecule has 112 valence electrons. The normalized spacial score (nSPS) is 10.4. The number of rotatable bonds is 6. The molecule has 4 N–H and O–H groups in total. The Morgan fingerprint density at radius 1 is 1.33 bits per heavy atom.